The van der Waals surface area contributed by atoms with Gasteiger partial charge in [-0.15, -0.1) is 0 Å². The van der Waals surface area contributed by atoms with Crippen molar-refractivity contribution in [1.29, 1.82) is 0 Å². The summed E-state index contributed by atoms with van der Waals surface area (Å²) in [7, 11) is 1.75. The lowest BCUT2D eigenvalue weighted by Gasteiger charge is -2.27. The van der Waals surface area contributed by atoms with Gasteiger partial charge in [-0.2, -0.15) is 0 Å². The van der Waals surface area contributed by atoms with Crippen LogP contribution in [0.1, 0.15) is 0 Å². The van der Waals surface area contributed by atoms with Crippen molar-refractivity contribution in [1.82, 2.24) is 0 Å². The van der Waals surface area contributed by atoms with E-state index in [4.69, 9.17) is 9.15 Å². The van der Waals surface area contributed by atoms with Crippen molar-refractivity contribution < 1.29 is 13.9 Å². The number of amides is 1. The Morgan fingerprint density at radius 2 is 2.12 bits per heavy atom. The van der Waals surface area contributed by atoms with Crippen LogP contribution in [0.2, 0.25) is 0 Å². The summed E-state index contributed by atoms with van der Waals surface area (Å²) < 4.78 is 10.9. The van der Waals surface area contributed by atoms with Gasteiger partial charge >= 0.3 is 0 Å². The SMILES string of the molecule is CN1C(=O)COc2c(-c3ccco3)cccc21. The molecule has 2 aromatic rings. The molecule has 0 bridgehead atoms. The van der Waals surface area contributed by atoms with Crippen molar-refractivity contribution >= 4 is 11.6 Å². The molecular weight excluding hydrogens is 218 g/mol. The largest absolute Gasteiger partial charge is 0.481 e. The molecular formula is C13H11NO3. The fraction of sp³-hybridized carbons (Fsp3) is 0.154. The molecule has 0 unspecified atom stereocenters. The van der Waals surface area contributed by atoms with E-state index in [-0.39, 0.29) is 12.5 Å². The maximum atomic E-state index is 11.5. The summed E-state index contributed by atoms with van der Waals surface area (Å²) in [4.78, 5) is 13.1. The van der Waals surface area contributed by atoms with Gasteiger partial charge in [0.2, 0.25) is 0 Å². The van der Waals surface area contributed by atoms with Crippen LogP contribution in [0.25, 0.3) is 11.3 Å². The number of hydrogen-bond acceptors (Lipinski definition) is 3. The molecule has 1 aromatic carbocycles. The van der Waals surface area contributed by atoms with Crippen LogP contribution in [0.15, 0.2) is 41.0 Å². The number of carbonyl (C=O) groups excluding carboxylic acids is 1. The highest BCUT2D eigenvalue weighted by atomic mass is 16.5. The zero-order valence-electron chi connectivity index (χ0n) is 9.34. The summed E-state index contributed by atoms with van der Waals surface area (Å²) in [5.41, 5.74) is 1.64. The summed E-state index contributed by atoms with van der Waals surface area (Å²) in [5.74, 6) is 1.39. The Labute approximate surface area is 98.4 Å². The van der Waals surface area contributed by atoms with Crippen molar-refractivity contribution in [3.8, 4) is 17.1 Å². The molecule has 1 aliphatic rings. The average Bonchev–Trinajstić information content (AvgIpc) is 2.87. The molecule has 1 aromatic heterocycles. The van der Waals surface area contributed by atoms with Crippen LogP contribution in [0.5, 0.6) is 5.75 Å². The molecule has 0 atom stereocenters. The second-order valence-electron chi connectivity index (χ2n) is 3.87. The number of nitrogens with zero attached hydrogens (tertiary/aromatic N) is 1. The molecule has 2 heterocycles. The zero-order valence-corrected chi connectivity index (χ0v) is 9.34. The van der Waals surface area contributed by atoms with Gasteiger partial charge in [-0.3, -0.25) is 4.79 Å². The highest BCUT2D eigenvalue weighted by Crippen LogP contribution is 2.40. The molecule has 0 N–H and O–H groups in total. The highest BCUT2D eigenvalue weighted by molar-refractivity contribution is 5.99. The molecule has 0 aliphatic carbocycles. The smallest absolute Gasteiger partial charge is 0.264 e. The first kappa shape index (κ1) is 9.96. The summed E-state index contributed by atoms with van der Waals surface area (Å²) >= 11 is 0. The van der Waals surface area contributed by atoms with Gasteiger partial charge in [0.1, 0.15) is 5.76 Å². The minimum atomic E-state index is -0.0471. The summed E-state index contributed by atoms with van der Waals surface area (Å²) in [6, 6.07) is 9.36. The summed E-state index contributed by atoms with van der Waals surface area (Å²) in [6.45, 7) is 0.0707. The van der Waals surface area contributed by atoms with Crippen LogP contribution in [0, 0.1) is 0 Å². The Morgan fingerprint density at radius 3 is 2.88 bits per heavy atom. The highest BCUT2D eigenvalue weighted by Gasteiger charge is 2.25. The number of carbonyl (C=O) groups is 1. The third-order valence-electron chi connectivity index (χ3n) is 2.86. The van der Waals surface area contributed by atoms with E-state index in [2.05, 4.69) is 0 Å². The number of para-hydroxylation sites is 1. The van der Waals surface area contributed by atoms with Crippen molar-refractivity contribution in [2.75, 3.05) is 18.6 Å². The Hall–Kier alpha value is -2.23. The molecule has 3 rings (SSSR count). The summed E-state index contributed by atoms with van der Waals surface area (Å²) in [6.07, 6.45) is 1.62. The fourth-order valence-corrected chi connectivity index (χ4v) is 1.93. The van der Waals surface area contributed by atoms with Crippen LogP contribution in [-0.2, 0) is 4.79 Å². The first-order chi connectivity index (χ1) is 8.27. The van der Waals surface area contributed by atoms with Crippen molar-refractivity contribution in [2.45, 2.75) is 0 Å². The second kappa shape index (κ2) is 3.66. The molecule has 0 saturated carbocycles. The van der Waals surface area contributed by atoms with Crippen LogP contribution in [0.3, 0.4) is 0 Å². The minimum absolute atomic E-state index is 0.0471. The second-order valence-corrected chi connectivity index (χ2v) is 3.87. The quantitative estimate of drug-likeness (QED) is 0.753. The molecule has 4 heteroatoms. The molecule has 17 heavy (non-hydrogen) atoms. The van der Waals surface area contributed by atoms with E-state index in [1.165, 1.54) is 0 Å². The number of hydrogen-bond donors (Lipinski definition) is 0. The molecule has 0 fully saturated rings. The van der Waals surface area contributed by atoms with Gasteiger partial charge in [-0.25, -0.2) is 0 Å². The third-order valence-corrected chi connectivity index (χ3v) is 2.86. The molecule has 4 nitrogen and oxygen atoms in total. The number of furan rings is 1. The maximum Gasteiger partial charge on any atom is 0.264 e. The average molecular weight is 229 g/mol. The molecule has 86 valence electrons. The monoisotopic (exact) mass is 229 g/mol. The van der Waals surface area contributed by atoms with E-state index in [1.807, 2.05) is 30.3 Å². The van der Waals surface area contributed by atoms with Crippen LogP contribution in [-0.4, -0.2) is 19.6 Å². The molecule has 1 amide bonds. The number of fused-ring (bicyclic) bond motifs is 1. The van der Waals surface area contributed by atoms with Gasteiger partial charge in [0.05, 0.1) is 17.5 Å². The van der Waals surface area contributed by atoms with E-state index < -0.39 is 0 Å². The zero-order chi connectivity index (χ0) is 11.8. The van der Waals surface area contributed by atoms with Gasteiger partial charge in [-0.05, 0) is 24.3 Å². The number of likely N-dealkylation sites (N-methyl/N-ethyl adjacent to an activating group) is 1. The number of rotatable bonds is 1. The van der Waals surface area contributed by atoms with Crippen molar-refractivity contribution in [3.63, 3.8) is 0 Å². The molecule has 0 saturated heterocycles. The van der Waals surface area contributed by atoms with E-state index in [9.17, 15) is 4.79 Å². The Morgan fingerprint density at radius 1 is 1.24 bits per heavy atom. The van der Waals surface area contributed by atoms with Crippen LogP contribution < -0.4 is 9.64 Å². The van der Waals surface area contributed by atoms with Crippen molar-refractivity contribution in [2.24, 2.45) is 0 Å². The first-order valence-electron chi connectivity index (χ1n) is 5.33. The van der Waals surface area contributed by atoms with Gasteiger partial charge in [0.15, 0.2) is 12.4 Å². The molecule has 0 spiro atoms. The van der Waals surface area contributed by atoms with Gasteiger partial charge in [-0.1, -0.05) is 6.07 Å². The molecule has 0 radical (unpaired) electrons. The predicted octanol–water partition coefficient (Wildman–Crippen LogP) is 2.30. The molecule has 1 aliphatic heterocycles. The number of benzene rings is 1. The van der Waals surface area contributed by atoms with E-state index in [0.29, 0.717) is 5.75 Å². The van der Waals surface area contributed by atoms with E-state index in [1.54, 1.807) is 18.2 Å². The Kier molecular flexibility index (Phi) is 2.14. The normalized spacial score (nSPS) is 14.4. The summed E-state index contributed by atoms with van der Waals surface area (Å²) in [5, 5.41) is 0. The fourth-order valence-electron chi connectivity index (χ4n) is 1.93. The number of anilines is 1. The maximum absolute atomic E-state index is 11.5. The predicted molar refractivity (Wildman–Crippen MR) is 63.0 cm³/mol. The topological polar surface area (TPSA) is 42.7 Å². The van der Waals surface area contributed by atoms with Crippen LogP contribution in [0.4, 0.5) is 5.69 Å². The lowest BCUT2D eigenvalue weighted by atomic mass is 10.1. The first-order valence-corrected chi connectivity index (χ1v) is 5.33. The van der Waals surface area contributed by atoms with Gasteiger partial charge in [0.25, 0.3) is 5.91 Å². The van der Waals surface area contributed by atoms with Crippen molar-refractivity contribution in [3.05, 3.63) is 36.6 Å². The Balaban J connectivity index is 2.17. The van der Waals surface area contributed by atoms with Gasteiger partial charge in [0, 0.05) is 7.05 Å². The third kappa shape index (κ3) is 1.49. The van der Waals surface area contributed by atoms with E-state index >= 15 is 0 Å². The minimum Gasteiger partial charge on any atom is -0.481 e. The van der Waals surface area contributed by atoms with E-state index in [0.717, 1.165) is 17.0 Å². The lowest BCUT2D eigenvalue weighted by Crippen LogP contribution is -2.35. The lowest BCUT2D eigenvalue weighted by molar-refractivity contribution is -0.120. The number of ether oxygens (including phenoxy) is 1. The standard InChI is InChI=1S/C13H11NO3/c1-14-10-5-2-4-9(11-6-3-7-16-11)13(10)17-8-12(14)15/h2-7H,8H2,1H3. The Bertz CT molecular complexity index is 560. The van der Waals surface area contributed by atoms with Gasteiger partial charge < -0.3 is 14.1 Å². The van der Waals surface area contributed by atoms with Crippen LogP contribution >= 0.6 is 0 Å².